The first-order valence-corrected chi connectivity index (χ1v) is 6.28. The molecule has 110 valence electrons. The zero-order valence-corrected chi connectivity index (χ0v) is 11.9. The summed E-state index contributed by atoms with van der Waals surface area (Å²) >= 11 is 0. The molecular formula is C14H15N3O4. The van der Waals surface area contributed by atoms with E-state index in [1.807, 2.05) is 0 Å². The fraction of sp³-hybridized carbons (Fsp3) is 0.286. The molecule has 0 radical (unpaired) electrons. The number of aromatic nitrogens is 2. The first-order chi connectivity index (χ1) is 9.99. The maximum Gasteiger partial charge on any atom is 0.338 e. The van der Waals surface area contributed by atoms with Gasteiger partial charge in [0, 0.05) is 19.7 Å². The van der Waals surface area contributed by atoms with Crippen LogP contribution in [0.15, 0.2) is 35.1 Å². The summed E-state index contributed by atoms with van der Waals surface area (Å²) in [6.45, 7) is 1.53. The minimum absolute atomic E-state index is 0.272. The standard InChI is InChI=1S/C14H15N3O4/c1-9(13(18)17(2)3)21-14(19)11-6-4-10(5-7-11)12-16-15-8-20-12/h4-9H,1-3H3/t9-/m1/s1. The molecule has 0 bridgehead atoms. The Balaban J connectivity index is 2.05. The number of ether oxygens (including phenoxy) is 1. The quantitative estimate of drug-likeness (QED) is 0.790. The van der Waals surface area contributed by atoms with Crippen LogP contribution in [0.1, 0.15) is 17.3 Å². The summed E-state index contributed by atoms with van der Waals surface area (Å²) in [5.74, 6) is -0.466. The molecule has 7 nitrogen and oxygen atoms in total. The van der Waals surface area contributed by atoms with Crippen LogP contribution in [0.5, 0.6) is 0 Å². The van der Waals surface area contributed by atoms with E-state index in [0.717, 1.165) is 0 Å². The van der Waals surface area contributed by atoms with Crippen LogP contribution in [-0.2, 0) is 9.53 Å². The highest BCUT2D eigenvalue weighted by Gasteiger charge is 2.20. The molecule has 21 heavy (non-hydrogen) atoms. The lowest BCUT2D eigenvalue weighted by atomic mass is 10.1. The fourth-order valence-corrected chi connectivity index (χ4v) is 1.69. The number of amides is 1. The number of hydrogen-bond acceptors (Lipinski definition) is 6. The van der Waals surface area contributed by atoms with E-state index >= 15 is 0 Å². The van der Waals surface area contributed by atoms with Crippen molar-refractivity contribution in [3.63, 3.8) is 0 Å². The van der Waals surface area contributed by atoms with Gasteiger partial charge in [0.05, 0.1) is 5.56 Å². The molecule has 0 saturated carbocycles. The number of benzene rings is 1. The van der Waals surface area contributed by atoms with Crippen LogP contribution in [0.4, 0.5) is 0 Å². The van der Waals surface area contributed by atoms with Crippen molar-refractivity contribution in [2.45, 2.75) is 13.0 Å². The number of carbonyl (C=O) groups excluding carboxylic acids is 2. The molecule has 1 heterocycles. The number of carbonyl (C=O) groups is 2. The number of likely N-dealkylation sites (N-methyl/N-ethyl adjacent to an activating group) is 1. The van der Waals surface area contributed by atoms with Crippen molar-refractivity contribution in [2.75, 3.05) is 14.1 Å². The van der Waals surface area contributed by atoms with Crippen molar-refractivity contribution in [2.24, 2.45) is 0 Å². The highest BCUT2D eigenvalue weighted by Crippen LogP contribution is 2.17. The fourth-order valence-electron chi connectivity index (χ4n) is 1.69. The van der Waals surface area contributed by atoms with E-state index in [-0.39, 0.29) is 5.91 Å². The van der Waals surface area contributed by atoms with Crippen LogP contribution in [0.2, 0.25) is 0 Å². The molecule has 1 amide bonds. The minimum atomic E-state index is -0.830. The van der Waals surface area contributed by atoms with Gasteiger partial charge in [-0.05, 0) is 31.2 Å². The summed E-state index contributed by atoms with van der Waals surface area (Å²) in [4.78, 5) is 24.9. The minimum Gasteiger partial charge on any atom is -0.449 e. The van der Waals surface area contributed by atoms with Crippen LogP contribution >= 0.6 is 0 Å². The zero-order chi connectivity index (χ0) is 15.4. The van der Waals surface area contributed by atoms with Gasteiger partial charge in [-0.3, -0.25) is 4.79 Å². The zero-order valence-electron chi connectivity index (χ0n) is 11.9. The lowest BCUT2D eigenvalue weighted by molar-refractivity contribution is -0.137. The third kappa shape index (κ3) is 3.44. The van der Waals surface area contributed by atoms with Crippen molar-refractivity contribution < 1.29 is 18.7 Å². The second-order valence-corrected chi connectivity index (χ2v) is 4.60. The highest BCUT2D eigenvalue weighted by atomic mass is 16.5. The monoisotopic (exact) mass is 289 g/mol. The van der Waals surface area contributed by atoms with E-state index in [9.17, 15) is 9.59 Å². The normalized spacial score (nSPS) is 11.8. The average Bonchev–Trinajstić information content (AvgIpc) is 3.00. The predicted molar refractivity (Wildman–Crippen MR) is 73.3 cm³/mol. The van der Waals surface area contributed by atoms with E-state index in [4.69, 9.17) is 9.15 Å². The molecule has 2 rings (SSSR count). The molecule has 0 aliphatic rings. The second-order valence-electron chi connectivity index (χ2n) is 4.60. The van der Waals surface area contributed by atoms with Crippen molar-refractivity contribution in [3.05, 3.63) is 36.2 Å². The van der Waals surface area contributed by atoms with Gasteiger partial charge in [0.15, 0.2) is 6.10 Å². The summed E-state index contributed by atoms with van der Waals surface area (Å²) in [6, 6.07) is 6.49. The van der Waals surface area contributed by atoms with Crippen LogP contribution in [0.25, 0.3) is 11.5 Å². The van der Waals surface area contributed by atoms with Gasteiger partial charge in [-0.1, -0.05) is 0 Å². The first kappa shape index (κ1) is 14.7. The van der Waals surface area contributed by atoms with Gasteiger partial charge in [-0.25, -0.2) is 4.79 Å². The Kier molecular flexibility index (Phi) is 4.32. The molecule has 2 aromatic rings. The summed E-state index contributed by atoms with van der Waals surface area (Å²) in [6.07, 6.45) is 0.398. The Labute approximate surface area is 121 Å². The van der Waals surface area contributed by atoms with Gasteiger partial charge in [0.2, 0.25) is 12.3 Å². The third-order valence-electron chi connectivity index (χ3n) is 2.80. The average molecular weight is 289 g/mol. The SMILES string of the molecule is C[C@@H](OC(=O)c1ccc(-c2nnco2)cc1)C(=O)N(C)C. The van der Waals surface area contributed by atoms with Crippen LogP contribution < -0.4 is 0 Å². The Hall–Kier alpha value is -2.70. The number of rotatable bonds is 4. The van der Waals surface area contributed by atoms with Crippen LogP contribution in [-0.4, -0.2) is 47.2 Å². The second kappa shape index (κ2) is 6.17. The van der Waals surface area contributed by atoms with Gasteiger partial charge < -0.3 is 14.1 Å². The van der Waals surface area contributed by atoms with Crippen molar-refractivity contribution in [3.8, 4) is 11.5 Å². The number of esters is 1. The van der Waals surface area contributed by atoms with Gasteiger partial charge in [-0.2, -0.15) is 0 Å². The lowest BCUT2D eigenvalue weighted by Gasteiger charge is -2.17. The molecule has 1 aromatic carbocycles. The van der Waals surface area contributed by atoms with E-state index < -0.39 is 12.1 Å². The predicted octanol–water partition coefficient (Wildman–Crippen LogP) is 1.37. The van der Waals surface area contributed by atoms with E-state index in [0.29, 0.717) is 17.0 Å². The Morgan fingerprint density at radius 2 is 1.90 bits per heavy atom. The van der Waals surface area contributed by atoms with E-state index in [1.165, 1.54) is 18.2 Å². The molecule has 0 unspecified atom stereocenters. The van der Waals surface area contributed by atoms with E-state index in [1.54, 1.807) is 38.4 Å². The van der Waals surface area contributed by atoms with Gasteiger partial charge >= 0.3 is 5.97 Å². The van der Waals surface area contributed by atoms with E-state index in [2.05, 4.69) is 10.2 Å². The maximum absolute atomic E-state index is 11.9. The molecule has 1 aromatic heterocycles. The molecule has 1 atom stereocenters. The molecule has 7 heteroatoms. The molecular weight excluding hydrogens is 274 g/mol. The number of nitrogens with zero attached hydrogens (tertiary/aromatic N) is 3. The third-order valence-corrected chi connectivity index (χ3v) is 2.80. The van der Waals surface area contributed by atoms with Gasteiger partial charge in [0.1, 0.15) is 0 Å². The molecule has 0 N–H and O–H groups in total. The van der Waals surface area contributed by atoms with Crippen molar-refractivity contribution in [1.29, 1.82) is 0 Å². The Morgan fingerprint density at radius 1 is 1.24 bits per heavy atom. The van der Waals surface area contributed by atoms with Crippen molar-refractivity contribution in [1.82, 2.24) is 15.1 Å². The Morgan fingerprint density at radius 3 is 2.43 bits per heavy atom. The summed E-state index contributed by atoms with van der Waals surface area (Å²) in [5, 5.41) is 7.35. The molecule has 0 aliphatic heterocycles. The van der Waals surface area contributed by atoms with Gasteiger partial charge in [0.25, 0.3) is 5.91 Å². The summed E-state index contributed by atoms with van der Waals surface area (Å²) < 4.78 is 10.2. The highest BCUT2D eigenvalue weighted by molar-refractivity contribution is 5.92. The molecule has 0 aliphatic carbocycles. The molecule has 0 fully saturated rings. The van der Waals surface area contributed by atoms with Crippen LogP contribution in [0.3, 0.4) is 0 Å². The van der Waals surface area contributed by atoms with Gasteiger partial charge in [-0.15, -0.1) is 10.2 Å². The lowest BCUT2D eigenvalue weighted by Crippen LogP contribution is -2.34. The first-order valence-electron chi connectivity index (χ1n) is 6.28. The largest absolute Gasteiger partial charge is 0.449 e. The Bertz CT molecular complexity index is 620. The summed E-state index contributed by atoms with van der Waals surface area (Å²) in [7, 11) is 3.21. The smallest absolute Gasteiger partial charge is 0.338 e. The maximum atomic E-state index is 11.9. The van der Waals surface area contributed by atoms with Crippen molar-refractivity contribution >= 4 is 11.9 Å². The molecule has 0 saturated heterocycles. The number of hydrogen-bond donors (Lipinski definition) is 0. The molecule has 0 spiro atoms. The van der Waals surface area contributed by atoms with Crippen LogP contribution in [0, 0.1) is 0 Å². The topological polar surface area (TPSA) is 85.5 Å². The summed E-state index contributed by atoms with van der Waals surface area (Å²) in [5.41, 5.74) is 1.04.